The van der Waals surface area contributed by atoms with Crippen molar-refractivity contribution in [2.75, 3.05) is 44.1 Å². The summed E-state index contributed by atoms with van der Waals surface area (Å²) in [5.41, 5.74) is -0.231. The third-order valence-electron chi connectivity index (χ3n) is 4.06. The normalized spacial score (nSPS) is 14.3. The Labute approximate surface area is 159 Å². The molecule has 10 heteroatoms. The largest absolute Gasteiger partial charge is 0.465 e. The number of nitrogens with one attached hydrogen (secondary N) is 1. The number of hydrogen-bond acceptors (Lipinski definition) is 7. The van der Waals surface area contributed by atoms with E-state index in [1.807, 2.05) is 11.9 Å². The summed E-state index contributed by atoms with van der Waals surface area (Å²) in [6.45, 7) is 2.46. The van der Waals surface area contributed by atoms with Crippen LogP contribution in [0.3, 0.4) is 0 Å². The lowest BCUT2D eigenvalue weighted by atomic mass is 10.1. The average Bonchev–Trinajstić information content (AvgIpc) is 3.07. The van der Waals surface area contributed by atoms with E-state index in [0.29, 0.717) is 5.82 Å². The number of rotatable bonds is 4. The molecule has 1 fully saturated rings. The van der Waals surface area contributed by atoms with Crippen molar-refractivity contribution in [3.8, 4) is 0 Å². The Hall–Kier alpha value is -2.78. The van der Waals surface area contributed by atoms with Gasteiger partial charge < -0.3 is 15.0 Å². The molecule has 1 N–H and O–H groups in total. The van der Waals surface area contributed by atoms with Gasteiger partial charge in [0.1, 0.15) is 11.4 Å². The lowest BCUT2D eigenvalue weighted by molar-refractivity contribution is 0.0602. The first kappa shape index (κ1) is 19.0. The molecule has 1 saturated heterocycles. The summed E-state index contributed by atoms with van der Waals surface area (Å²) in [6, 6.07) is 5.14. The first-order valence-corrected chi connectivity index (χ1v) is 8.42. The zero-order valence-corrected chi connectivity index (χ0v) is 15.5. The molecule has 0 unspecified atom stereocenters. The number of aromatic nitrogens is 2. The van der Waals surface area contributed by atoms with Crippen LogP contribution in [0.2, 0.25) is 5.02 Å². The van der Waals surface area contributed by atoms with E-state index in [1.54, 1.807) is 6.07 Å². The number of nitrogens with zero attached hydrogens (tertiary/aromatic N) is 4. The van der Waals surface area contributed by atoms with Gasteiger partial charge in [-0.2, -0.15) is 0 Å². The molecule has 0 saturated carbocycles. The van der Waals surface area contributed by atoms with Crippen LogP contribution in [0.15, 0.2) is 24.3 Å². The molecule has 0 spiro atoms. The smallest absolute Gasteiger partial charge is 0.341 e. The molecule has 2 heterocycles. The third kappa shape index (κ3) is 4.15. The first-order chi connectivity index (χ1) is 12.9. The predicted molar refractivity (Wildman–Crippen MR) is 97.6 cm³/mol. The van der Waals surface area contributed by atoms with Gasteiger partial charge in [0.15, 0.2) is 11.5 Å². The minimum absolute atomic E-state index is 0.0162. The molecule has 8 nitrogen and oxygen atoms in total. The molecule has 1 aromatic heterocycles. The molecule has 0 radical (unpaired) electrons. The van der Waals surface area contributed by atoms with Crippen LogP contribution in [0.25, 0.3) is 0 Å². The molecule has 27 heavy (non-hydrogen) atoms. The van der Waals surface area contributed by atoms with Gasteiger partial charge in [0, 0.05) is 13.1 Å². The molecular formula is C17H17ClFN5O3. The fourth-order valence-corrected chi connectivity index (χ4v) is 2.98. The molecule has 3 rings (SSSR count). The first-order valence-electron chi connectivity index (χ1n) is 8.05. The van der Waals surface area contributed by atoms with Crippen molar-refractivity contribution in [2.24, 2.45) is 0 Å². The van der Waals surface area contributed by atoms with E-state index in [0.717, 1.165) is 39.0 Å². The van der Waals surface area contributed by atoms with Crippen molar-refractivity contribution < 1.29 is 18.7 Å². The number of ether oxygens (including phenoxy) is 1. The number of esters is 1. The summed E-state index contributed by atoms with van der Waals surface area (Å²) >= 11 is 5.91. The van der Waals surface area contributed by atoms with Crippen LogP contribution in [-0.4, -0.2) is 60.9 Å². The Kier molecular flexibility index (Phi) is 5.52. The maximum Gasteiger partial charge on any atom is 0.341 e. The highest BCUT2D eigenvalue weighted by atomic mass is 35.5. The molecule has 1 aliphatic rings. The van der Waals surface area contributed by atoms with E-state index >= 15 is 0 Å². The summed E-state index contributed by atoms with van der Waals surface area (Å²) in [6.07, 6.45) is 0. The Balaban J connectivity index is 1.80. The Morgan fingerprint density at radius 1 is 1.26 bits per heavy atom. The molecule has 0 aliphatic carbocycles. The van der Waals surface area contributed by atoms with Crippen LogP contribution < -0.4 is 10.2 Å². The van der Waals surface area contributed by atoms with Crippen molar-refractivity contribution in [1.82, 2.24) is 15.1 Å². The van der Waals surface area contributed by atoms with Crippen LogP contribution in [-0.2, 0) is 4.74 Å². The lowest BCUT2D eigenvalue weighted by Gasteiger charge is -2.16. The summed E-state index contributed by atoms with van der Waals surface area (Å²) in [4.78, 5) is 28.5. The average molecular weight is 394 g/mol. The molecule has 0 bridgehead atoms. The molecule has 1 aliphatic heterocycles. The summed E-state index contributed by atoms with van der Waals surface area (Å²) < 4.78 is 18.3. The maximum atomic E-state index is 13.7. The lowest BCUT2D eigenvalue weighted by Crippen LogP contribution is -2.24. The zero-order chi connectivity index (χ0) is 19.6. The van der Waals surface area contributed by atoms with Crippen LogP contribution in [0.1, 0.15) is 20.8 Å². The van der Waals surface area contributed by atoms with Gasteiger partial charge in [-0.1, -0.05) is 11.6 Å². The predicted octanol–water partition coefficient (Wildman–Crippen LogP) is 2.02. The van der Waals surface area contributed by atoms with Gasteiger partial charge >= 0.3 is 5.97 Å². The van der Waals surface area contributed by atoms with E-state index in [1.165, 1.54) is 6.07 Å². The van der Waals surface area contributed by atoms with Crippen LogP contribution in [0.4, 0.5) is 15.9 Å². The summed E-state index contributed by atoms with van der Waals surface area (Å²) in [5, 5.41) is 10.2. The fraction of sp³-hybridized carbons (Fsp3) is 0.294. The Morgan fingerprint density at radius 3 is 2.63 bits per heavy atom. The van der Waals surface area contributed by atoms with Gasteiger partial charge in [-0.3, -0.25) is 9.69 Å². The Bertz CT molecular complexity index is 878. The van der Waals surface area contributed by atoms with E-state index in [4.69, 9.17) is 11.6 Å². The number of hydrogen-bond donors (Lipinski definition) is 1. The second-order valence-corrected chi connectivity index (χ2v) is 6.42. The zero-order valence-electron chi connectivity index (χ0n) is 14.7. The summed E-state index contributed by atoms with van der Waals surface area (Å²) in [5.74, 6) is -1.50. The SMILES string of the molecule is COC(=O)c1c(Cl)cc(F)cc1NC(=O)c1ccc(N2CCN(C)C2)nn1. The molecule has 0 atom stereocenters. The van der Waals surface area contributed by atoms with Crippen molar-refractivity contribution in [2.45, 2.75) is 0 Å². The van der Waals surface area contributed by atoms with Crippen molar-refractivity contribution in [1.29, 1.82) is 0 Å². The minimum Gasteiger partial charge on any atom is -0.465 e. The van der Waals surface area contributed by atoms with Gasteiger partial charge in [-0.15, -0.1) is 10.2 Å². The molecule has 1 amide bonds. The van der Waals surface area contributed by atoms with E-state index in [-0.39, 0.29) is 22.0 Å². The number of carbonyl (C=O) groups is 2. The van der Waals surface area contributed by atoms with Crippen LogP contribution in [0.5, 0.6) is 0 Å². The highest BCUT2D eigenvalue weighted by Crippen LogP contribution is 2.27. The van der Waals surface area contributed by atoms with E-state index < -0.39 is 17.7 Å². The monoisotopic (exact) mass is 393 g/mol. The summed E-state index contributed by atoms with van der Waals surface area (Å²) in [7, 11) is 3.16. The Morgan fingerprint density at radius 2 is 2.04 bits per heavy atom. The maximum absolute atomic E-state index is 13.7. The van der Waals surface area contributed by atoms with Crippen molar-refractivity contribution in [3.63, 3.8) is 0 Å². The number of likely N-dealkylation sites (N-methyl/N-ethyl adjacent to an activating group) is 1. The second-order valence-electron chi connectivity index (χ2n) is 6.02. The molecule has 142 valence electrons. The van der Waals surface area contributed by atoms with Crippen molar-refractivity contribution in [3.05, 3.63) is 46.4 Å². The standard InChI is InChI=1S/C17H17ClFN5O3/c1-23-5-6-24(9-23)14-4-3-12(21-22-14)16(25)20-13-8-10(19)7-11(18)15(13)17(26)27-2/h3-4,7-8H,5-6,9H2,1-2H3,(H,20,25). The number of amides is 1. The molecular weight excluding hydrogens is 377 g/mol. The van der Waals surface area contributed by atoms with Crippen LogP contribution in [0, 0.1) is 5.82 Å². The van der Waals surface area contributed by atoms with Gasteiger partial charge in [-0.25, -0.2) is 9.18 Å². The number of halogens is 2. The van der Waals surface area contributed by atoms with Gasteiger partial charge in [0.2, 0.25) is 0 Å². The highest BCUT2D eigenvalue weighted by molar-refractivity contribution is 6.34. The van der Waals surface area contributed by atoms with Crippen molar-refractivity contribution >= 4 is 35.0 Å². The third-order valence-corrected chi connectivity index (χ3v) is 4.36. The fourth-order valence-electron chi connectivity index (χ4n) is 2.69. The van der Waals surface area contributed by atoms with Crippen LogP contribution >= 0.6 is 11.6 Å². The van der Waals surface area contributed by atoms with E-state index in [9.17, 15) is 14.0 Å². The topological polar surface area (TPSA) is 87.7 Å². The molecule has 2 aromatic rings. The van der Waals surface area contributed by atoms with Gasteiger partial charge in [-0.05, 0) is 31.3 Å². The van der Waals surface area contributed by atoms with E-state index in [2.05, 4.69) is 25.2 Å². The van der Waals surface area contributed by atoms with Gasteiger partial charge in [0.05, 0.1) is 24.5 Å². The quantitative estimate of drug-likeness (QED) is 0.795. The highest BCUT2D eigenvalue weighted by Gasteiger charge is 2.22. The second kappa shape index (κ2) is 7.85. The van der Waals surface area contributed by atoms with Gasteiger partial charge in [0.25, 0.3) is 5.91 Å². The minimum atomic E-state index is -0.796. The number of benzene rings is 1. The number of methoxy groups -OCH3 is 1. The number of carbonyl (C=O) groups excluding carboxylic acids is 2. The number of anilines is 2. The molecule has 1 aromatic carbocycles.